The second-order valence-electron chi connectivity index (χ2n) is 7.55. The van der Waals surface area contributed by atoms with E-state index < -0.39 is 16.1 Å². The van der Waals surface area contributed by atoms with Gasteiger partial charge in [-0.2, -0.15) is 8.42 Å². The quantitative estimate of drug-likeness (QED) is 0.258. The third-order valence-corrected chi connectivity index (χ3v) is 6.28. The Morgan fingerprint density at radius 3 is 2.34 bits per heavy atom. The smallest absolute Gasteiger partial charge is 0.363 e. The minimum Gasteiger partial charge on any atom is -0.494 e. The van der Waals surface area contributed by atoms with Crippen LogP contribution in [-0.4, -0.2) is 34.0 Å². The van der Waals surface area contributed by atoms with Gasteiger partial charge in [-0.05, 0) is 74.0 Å². The molecule has 0 spiro atoms. The van der Waals surface area contributed by atoms with Crippen molar-refractivity contribution < 1.29 is 31.6 Å². The molecule has 1 aliphatic heterocycles. The van der Waals surface area contributed by atoms with Crippen molar-refractivity contribution >= 4 is 28.1 Å². The molecule has 4 rings (SSSR count). The number of aryl methyl sites for hydroxylation is 1. The second kappa shape index (κ2) is 10.0. The lowest BCUT2D eigenvalue weighted by molar-refractivity contribution is -0.129. The van der Waals surface area contributed by atoms with Gasteiger partial charge in [0, 0.05) is 5.56 Å². The molecule has 8 nitrogen and oxygen atoms in total. The monoisotopic (exact) mass is 493 g/mol. The summed E-state index contributed by atoms with van der Waals surface area (Å²) in [5, 5.41) is 0. The van der Waals surface area contributed by atoms with Gasteiger partial charge < -0.3 is 18.4 Å². The zero-order chi connectivity index (χ0) is 25.0. The highest BCUT2D eigenvalue weighted by Crippen LogP contribution is 2.32. The number of rotatable bonds is 8. The fourth-order valence-corrected chi connectivity index (χ4v) is 4.20. The normalized spacial score (nSPS) is 14.4. The molecule has 0 atom stereocenters. The van der Waals surface area contributed by atoms with Crippen LogP contribution >= 0.6 is 0 Å². The van der Waals surface area contributed by atoms with Crippen LogP contribution in [0.25, 0.3) is 6.08 Å². The Morgan fingerprint density at radius 1 is 0.971 bits per heavy atom. The number of methoxy groups -OCH3 is 1. The van der Waals surface area contributed by atoms with Crippen LogP contribution in [-0.2, 0) is 19.6 Å². The van der Waals surface area contributed by atoms with E-state index in [0.29, 0.717) is 23.5 Å². The number of carbonyl (C=O) groups is 1. The third kappa shape index (κ3) is 5.52. The topological polar surface area (TPSA) is 100 Å². The average molecular weight is 494 g/mol. The summed E-state index contributed by atoms with van der Waals surface area (Å²) in [6.07, 6.45) is 1.52. The van der Waals surface area contributed by atoms with Crippen molar-refractivity contribution in [3.63, 3.8) is 0 Å². The molecule has 0 amide bonds. The lowest BCUT2D eigenvalue weighted by Crippen LogP contribution is -2.10. The molecule has 0 aliphatic carbocycles. The van der Waals surface area contributed by atoms with Crippen LogP contribution in [0, 0.1) is 6.92 Å². The molecule has 1 aliphatic rings. The largest absolute Gasteiger partial charge is 0.494 e. The maximum absolute atomic E-state index is 12.6. The maximum atomic E-state index is 12.6. The Kier molecular flexibility index (Phi) is 6.88. The third-order valence-electron chi connectivity index (χ3n) is 5.03. The van der Waals surface area contributed by atoms with Crippen LogP contribution in [0.2, 0.25) is 0 Å². The van der Waals surface area contributed by atoms with E-state index in [4.69, 9.17) is 18.4 Å². The summed E-state index contributed by atoms with van der Waals surface area (Å²) in [7, 11) is -2.66. The summed E-state index contributed by atoms with van der Waals surface area (Å²) in [4.78, 5) is 16.7. The lowest BCUT2D eigenvalue weighted by Gasteiger charge is -2.11. The van der Waals surface area contributed by atoms with E-state index in [1.165, 1.54) is 31.4 Å². The average Bonchev–Trinajstić information content (AvgIpc) is 3.20. The van der Waals surface area contributed by atoms with E-state index in [2.05, 4.69) is 4.99 Å². The molecule has 0 saturated carbocycles. The first-order chi connectivity index (χ1) is 16.8. The van der Waals surface area contributed by atoms with Crippen molar-refractivity contribution in [3.8, 4) is 17.2 Å². The SMILES string of the molecule is CCOc1ccc(C2=N/C(=C\c3ccc(OS(=O)(=O)c4ccc(C)cc4)c(OC)c3)C(=O)O2)cc1. The van der Waals surface area contributed by atoms with E-state index >= 15 is 0 Å². The van der Waals surface area contributed by atoms with E-state index in [0.717, 1.165) is 5.56 Å². The molecular weight excluding hydrogens is 470 g/mol. The Bertz CT molecular complexity index is 1410. The van der Waals surface area contributed by atoms with Crippen LogP contribution in [0.1, 0.15) is 23.6 Å². The van der Waals surface area contributed by atoms with E-state index in [1.807, 2.05) is 13.8 Å². The summed E-state index contributed by atoms with van der Waals surface area (Å²) in [5.74, 6) is 0.478. The zero-order valence-corrected chi connectivity index (χ0v) is 20.2. The molecule has 0 N–H and O–H groups in total. The number of ether oxygens (including phenoxy) is 3. The van der Waals surface area contributed by atoms with E-state index in [-0.39, 0.29) is 28.0 Å². The van der Waals surface area contributed by atoms with Crippen LogP contribution in [0.3, 0.4) is 0 Å². The number of hydrogen-bond donors (Lipinski definition) is 0. The first-order valence-electron chi connectivity index (χ1n) is 10.7. The van der Waals surface area contributed by atoms with Gasteiger partial charge in [-0.3, -0.25) is 0 Å². The number of hydrogen-bond acceptors (Lipinski definition) is 8. The molecule has 0 aromatic heterocycles. The molecule has 0 radical (unpaired) electrons. The number of esters is 1. The molecule has 3 aromatic carbocycles. The molecular formula is C26H23NO7S. The number of benzene rings is 3. The van der Waals surface area contributed by atoms with Crippen molar-refractivity contribution in [3.05, 3.63) is 89.1 Å². The van der Waals surface area contributed by atoms with Gasteiger partial charge in [0.25, 0.3) is 0 Å². The van der Waals surface area contributed by atoms with Gasteiger partial charge in [0.15, 0.2) is 17.2 Å². The molecule has 1 heterocycles. The summed E-state index contributed by atoms with van der Waals surface area (Å²) >= 11 is 0. The Balaban J connectivity index is 1.57. The van der Waals surface area contributed by atoms with Crippen molar-refractivity contribution in [1.82, 2.24) is 0 Å². The standard InChI is InChI=1S/C26H23NO7S/c1-4-32-20-10-8-19(9-11-20)25-27-22(26(28)33-25)15-18-7-14-23(24(16-18)31-3)34-35(29,30)21-12-5-17(2)6-13-21/h5-16H,4H2,1-3H3/b22-15-. The maximum Gasteiger partial charge on any atom is 0.363 e. The highest BCUT2D eigenvalue weighted by molar-refractivity contribution is 7.87. The molecule has 35 heavy (non-hydrogen) atoms. The number of nitrogens with zero attached hydrogens (tertiary/aromatic N) is 1. The van der Waals surface area contributed by atoms with E-state index in [1.54, 1.807) is 48.5 Å². The van der Waals surface area contributed by atoms with Crippen molar-refractivity contribution in [2.24, 2.45) is 4.99 Å². The van der Waals surface area contributed by atoms with Crippen LogP contribution in [0.4, 0.5) is 0 Å². The highest BCUT2D eigenvalue weighted by atomic mass is 32.2. The van der Waals surface area contributed by atoms with E-state index in [9.17, 15) is 13.2 Å². The molecule has 180 valence electrons. The van der Waals surface area contributed by atoms with Crippen molar-refractivity contribution in [2.45, 2.75) is 18.7 Å². The highest BCUT2D eigenvalue weighted by Gasteiger charge is 2.25. The predicted molar refractivity (Wildman–Crippen MR) is 130 cm³/mol. The van der Waals surface area contributed by atoms with Gasteiger partial charge in [0.1, 0.15) is 10.6 Å². The second-order valence-corrected chi connectivity index (χ2v) is 9.10. The molecule has 9 heteroatoms. The Hall–Kier alpha value is -4.11. The molecule has 0 bridgehead atoms. The minimum absolute atomic E-state index is 0.0165. The summed E-state index contributed by atoms with van der Waals surface area (Å²) in [6, 6.07) is 18.0. The first-order valence-corrected chi connectivity index (χ1v) is 12.1. The summed E-state index contributed by atoms with van der Waals surface area (Å²) < 4.78 is 46.6. The van der Waals surface area contributed by atoms with Gasteiger partial charge >= 0.3 is 16.1 Å². The summed E-state index contributed by atoms with van der Waals surface area (Å²) in [6.45, 7) is 4.30. The molecule has 0 unspecified atom stereocenters. The molecule has 0 saturated heterocycles. The van der Waals surface area contributed by atoms with Crippen LogP contribution in [0.15, 0.2) is 82.3 Å². The number of cyclic esters (lactones) is 1. The fourth-order valence-electron chi connectivity index (χ4n) is 3.26. The van der Waals surface area contributed by atoms with Gasteiger partial charge in [0.05, 0.1) is 13.7 Å². The van der Waals surface area contributed by atoms with Gasteiger partial charge in [-0.15, -0.1) is 0 Å². The molecule has 0 fully saturated rings. The number of carbonyl (C=O) groups excluding carboxylic acids is 1. The van der Waals surface area contributed by atoms with Crippen LogP contribution in [0.5, 0.6) is 17.2 Å². The minimum atomic E-state index is -4.05. The zero-order valence-electron chi connectivity index (χ0n) is 19.3. The molecule has 3 aromatic rings. The Morgan fingerprint density at radius 2 is 1.69 bits per heavy atom. The van der Waals surface area contributed by atoms with Crippen LogP contribution < -0.4 is 13.7 Å². The summed E-state index contributed by atoms with van der Waals surface area (Å²) in [5.41, 5.74) is 2.20. The fraction of sp³-hybridized carbons (Fsp3) is 0.154. The van der Waals surface area contributed by atoms with Crippen molar-refractivity contribution in [2.75, 3.05) is 13.7 Å². The van der Waals surface area contributed by atoms with Gasteiger partial charge in [-0.25, -0.2) is 9.79 Å². The van der Waals surface area contributed by atoms with Gasteiger partial charge in [0.2, 0.25) is 5.90 Å². The van der Waals surface area contributed by atoms with Gasteiger partial charge in [-0.1, -0.05) is 23.8 Å². The lowest BCUT2D eigenvalue weighted by atomic mass is 10.1. The predicted octanol–water partition coefficient (Wildman–Crippen LogP) is 4.51. The first kappa shape index (κ1) is 24.0. The van der Waals surface area contributed by atoms with Crippen molar-refractivity contribution in [1.29, 1.82) is 0 Å². The Labute approximate surface area is 203 Å². The number of aliphatic imine (C=N–C) groups is 1.